The molecule has 0 rings (SSSR count). The molecule has 0 atom stereocenters. The van der Waals surface area contributed by atoms with Crippen molar-refractivity contribution < 1.29 is 19.8 Å². The number of carbonyl (C=O) groups is 2. The molecule has 0 bridgehead atoms. The number of hydrogen-bond donors (Lipinski definition) is 2. The van der Waals surface area contributed by atoms with E-state index in [0.717, 1.165) is 25.7 Å². The molecule has 0 saturated carbocycles. The number of rotatable bonds is 33. The maximum atomic E-state index is 10.4. The van der Waals surface area contributed by atoms with Gasteiger partial charge in [0.2, 0.25) is 0 Å². The zero-order valence-electron chi connectivity index (χ0n) is 28.5. The number of allylic oxidation sites excluding steroid dienone is 2. The molecule has 0 amide bonds. The summed E-state index contributed by atoms with van der Waals surface area (Å²) in [5, 5.41) is 17.0. The number of carboxylic acids is 2. The molecule has 0 spiro atoms. The third-order valence-corrected chi connectivity index (χ3v) is 8.15. The summed E-state index contributed by atoms with van der Waals surface area (Å²) in [6.07, 6.45) is 44.4. The summed E-state index contributed by atoms with van der Waals surface area (Å²) in [5.74, 6) is -1.31. The van der Waals surface area contributed by atoms with Crippen LogP contribution in [0.2, 0.25) is 0 Å². The number of aliphatic carboxylic acids is 2. The monoisotopic (exact) mass is 595 g/mol. The molecule has 250 valence electrons. The molecule has 0 fully saturated rings. The van der Waals surface area contributed by atoms with Crippen LogP contribution in [0.5, 0.6) is 0 Å². The Bertz CT molecular complexity index is 557. The predicted molar refractivity (Wildman–Crippen MR) is 184 cm³/mol. The second-order valence-electron chi connectivity index (χ2n) is 12.5. The molecular formula is C38H74O4. The van der Waals surface area contributed by atoms with Crippen LogP contribution in [0.4, 0.5) is 0 Å². The second kappa shape index (κ2) is 39.7. The van der Waals surface area contributed by atoms with Gasteiger partial charge < -0.3 is 10.2 Å². The lowest BCUT2D eigenvalue weighted by molar-refractivity contribution is -0.138. The van der Waals surface area contributed by atoms with E-state index in [4.69, 9.17) is 10.2 Å². The molecule has 0 aliphatic rings. The van der Waals surface area contributed by atoms with Crippen molar-refractivity contribution >= 4 is 11.9 Å². The fourth-order valence-electron chi connectivity index (χ4n) is 5.35. The van der Waals surface area contributed by atoms with E-state index in [1.54, 1.807) is 0 Å². The van der Waals surface area contributed by atoms with Crippen molar-refractivity contribution in [1.82, 2.24) is 0 Å². The second-order valence-corrected chi connectivity index (χ2v) is 12.5. The Morgan fingerprint density at radius 2 is 0.571 bits per heavy atom. The van der Waals surface area contributed by atoms with E-state index in [1.807, 2.05) is 0 Å². The third-order valence-electron chi connectivity index (χ3n) is 8.15. The lowest BCUT2D eigenvalue weighted by Crippen LogP contribution is -1.93. The Hall–Kier alpha value is -1.32. The lowest BCUT2D eigenvalue weighted by Gasteiger charge is -2.02. The maximum Gasteiger partial charge on any atom is 0.303 e. The molecule has 4 heteroatoms. The van der Waals surface area contributed by atoms with Gasteiger partial charge >= 0.3 is 11.9 Å². The van der Waals surface area contributed by atoms with E-state index in [1.165, 1.54) is 167 Å². The Kier molecular flexibility index (Phi) is 40.4. The highest BCUT2D eigenvalue weighted by atomic mass is 16.4. The van der Waals surface area contributed by atoms with Crippen LogP contribution in [0, 0.1) is 0 Å². The minimum atomic E-state index is -0.656. The molecule has 42 heavy (non-hydrogen) atoms. The molecule has 0 aliphatic carbocycles. The van der Waals surface area contributed by atoms with Crippen LogP contribution >= 0.6 is 0 Å². The van der Waals surface area contributed by atoms with Crippen LogP contribution in [-0.2, 0) is 9.59 Å². The number of hydrogen-bond acceptors (Lipinski definition) is 2. The van der Waals surface area contributed by atoms with Crippen molar-refractivity contribution in [2.24, 2.45) is 0 Å². The first-order chi connectivity index (χ1) is 20.5. The Labute approximate surface area is 262 Å². The standard InChI is InChI=1S/C22H42O2.C16H32O2/c1-2-3-4-5-6-7-8-9-10-11-12-13-14-15-16-17-18-19-20-21-22(23)24;1-2-3-4-5-6-7-8-9-10-11-12-13-14-15-16(17)18/h9-10H,2-8,11-21H2,1H3,(H,23,24);2-15H2,1H3,(H,17,18)/b10-9-;. The Morgan fingerprint density at radius 3 is 0.810 bits per heavy atom. The highest BCUT2D eigenvalue weighted by Crippen LogP contribution is 2.14. The van der Waals surface area contributed by atoms with Gasteiger partial charge in [0.15, 0.2) is 0 Å². The largest absolute Gasteiger partial charge is 0.481 e. The first-order valence-corrected chi connectivity index (χ1v) is 18.6. The zero-order valence-corrected chi connectivity index (χ0v) is 28.5. The summed E-state index contributed by atoms with van der Waals surface area (Å²) in [6.45, 7) is 4.53. The molecular weight excluding hydrogens is 520 g/mol. The summed E-state index contributed by atoms with van der Waals surface area (Å²) in [6, 6.07) is 0. The van der Waals surface area contributed by atoms with Gasteiger partial charge in [0.25, 0.3) is 0 Å². The van der Waals surface area contributed by atoms with Gasteiger partial charge in [0.1, 0.15) is 0 Å². The van der Waals surface area contributed by atoms with Crippen LogP contribution in [0.1, 0.15) is 219 Å². The Morgan fingerprint density at radius 1 is 0.357 bits per heavy atom. The first kappa shape index (κ1) is 42.8. The van der Waals surface area contributed by atoms with Gasteiger partial charge in [-0.3, -0.25) is 9.59 Å². The molecule has 0 unspecified atom stereocenters. The molecule has 2 N–H and O–H groups in total. The first-order valence-electron chi connectivity index (χ1n) is 18.6. The normalized spacial score (nSPS) is 11.1. The van der Waals surface area contributed by atoms with E-state index in [0.29, 0.717) is 12.8 Å². The van der Waals surface area contributed by atoms with Gasteiger partial charge in [-0.25, -0.2) is 0 Å². The quantitative estimate of drug-likeness (QED) is 0.0585. The van der Waals surface area contributed by atoms with Crippen LogP contribution in [0.3, 0.4) is 0 Å². The molecule has 0 aromatic carbocycles. The minimum Gasteiger partial charge on any atom is -0.481 e. The summed E-state index contributed by atoms with van der Waals surface area (Å²) < 4.78 is 0. The summed E-state index contributed by atoms with van der Waals surface area (Å²) in [7, 11) is 0. The average molecular weight is 595 g/mol. The molecule has 4 nitrogen and oxygen atoms in total. The molecule has 0 aliphatic heterocycles. The van der Waals surface area contributed by atoms with Crippen molar-refractivity contribution in [2.75, 3.05) is 0 Å². The van der Waals surface area contributed by atoms with Crippen molar-refractivity contribution in [2.45, 2.75) is 219 Å². The molecule has 0 saturated heterocycles. The van der Waals surface area contributed by atoms with Crippen molar-refractivity contribution in [3.63, 3.8) is 0 Å². The third kappa shape index (κ3) is 45.7. The SMILES string of the molecule is CCCCCCCC/C=C\CCCCCCCCCCCC(=O)O.CCCCCCCCCCCCCCCC(=O)O. The highest BCUT2D eigenvalue weighted by Gasteiger charge is 1.98. The molecule has 0 heterocycles. The van der Waals surface area contributed by atoms with Gasteiger partial charge in [-0.1, -0.05) is 180 Å². The fraction of sp³-hybridized carbons (Fsp3) is 0.895. The van der Waals surface area contributed by atoms with Crippen molar-refractivity contribution in [1.29, 1.82) is 0 Å². The van der Waals surface area contributed by atoms with Crippen LogP contribution < -0.4 is 0 Å². The van der Waals surface area contributed by atoms with Crippen LogP contribution in [0.15, 0.2) is 12.2 Å². The molecule has 0 aromatic rings. The number of carboxylic acid groups (broad SMARTS) is 2. The number of unbranched alkanes of at least 4 members (excludes halogenated alkanes) is 27. The molecule has 0 radical (unpaired) electrons. The summed E-state index contributed by atoms with van der Waals surface area (Å²) in [5.41, 5.74) is 0. The summed E-state index contributed by atoms with van der Waals surface area (Å²) in [4.78, 5) is 20.7. The average Bonchev–Trinajstić information content (AvgIpc) is 2.97. The molecule has 0 aromatic heterocycles. The van der Waals surface area contributed by atoms with Crippen molar-refractivity contribution in [3.05, 3.63) is 12.2 Å². The van der Waals surface area contributed by atoms with Crippen molar-refractivity contribution in [3.8, 4) is 0 Å². The van der Waals surface area contributed by atoms with Gasteiger partial charge in [-0.2, -0.15) is 0 Å². The van der Waals surface area contributed by atoms with Gasteiger partial charge in [0, 0.05) is 12.8 Å². The zero-order chi connectivity index (χ0) is 31.2. The minimum absolute atomic E-state index is 0.340. The topological polar surface area (TPSA) is 74.6 Å². The van der Waals surface area contributed by atoms with E-state index in [2.05, 4.69) is 26.0 Å². The van der Waals surface area contributed by atoms with Gasteiger partial charge in [-0.15, -0.1) is 0 Å². The van der Waals surface area contributed by atoms with E-state index < -0.39 is 11.9 Å². The smallest absolute Gasteiger partial charge is 0.303 e. The van der Waals surface area contributed by atoms with Gasteiger partial charge in [0.05, 0.1) is 0 Å². The maximum absolute atomic E-state index is 10.4. The van der Waals surface area contributed by atoms with E-state index in [9.17, 15) is 9.59 Å². The summed E-state index contributed by atoms with van der Waals surface area (Å²) >= 11 is 0. The van der Waals surface area contributed by atoms with Crippen LogP contribution in [-0.4, -0.2) is 22.2 Å². The predicted octanol–water partition coefficient (Wildman–Crippen LogP) is 13.2. The van der Waals surface area contributed by atoms with E-state index >= 15 is 0 Å². The highest BCUT2D eigenvalue weighted by molar-refractivity contribution is 5.66. The van der Waals surface area contributed by atoms with Crippen LogP contribution in [0.25, 0.3) is 0 Å². The van der Waals surface area contributed by atoms with E-state index in [-0.39, 0.29) is 0 Å². The fourth-order valence-corrected chi connectivity index (χ4v) is 5.35. The lowest BCUT2D eigenvalue weighted by atomic mass is 10.0. The van der Waals surface area contributed by atoms with Gasteiger partial charge in [-0.05, 0) is 38.5 Å². The Balaban J connectivity index is 0.